The number of carbonyl (C=O) groups excluding carboxylic acids is 1. The van der Waals surface area contributed by atoms with Gasteiger partial charge in [0.25, 0.3) is 0 Å². The molecule has 1 saturated heterocycles. The smallest absolute Gasteiger partial charge is 0.234 e. The van der Waals surface area contributed by atoms with Crippen molar-refractivity contribution < 1.29 is 9.18 Å². The number of primary amides is 1. The van der Waals surface area contributed by atoms with E-state index < -0.39 is 0 Å². The normalized spacial score (nSPS) is 17.5. The van der Waals surface area contributed by atoms with Crippen LogP contribution in [0, 0.1) is 5.82 Å². The van der Waals surface area contributed by atoms with E-state index >= 15 is 0 Å². The van der Waals surface area contributed by atoms with E-state index in [1.54, 1.807) is 12.1 Å². The molecule has 27 heavy (non-hydrogen) atoms. The first-order chi connectivity index (χ1) is 13.0. The summed E-state index contributed by atoms with van der Waals surface area (Å²) in [4.78, 5) is 18.6. The molecule has 138 valence electrons. The van der Waals surface area contributed by atoms with Gasteiger partial charge in [-0.25, -0.2) is 9.37 Å². The van der Waals surface area contributed by atoms with Crippen LogP contribution in [0.15, 0.2) is 48.5 Å². The highest BCUT2D eigenvalue weighted by molar-refractivity contribution is 6.30. The van der Waals surface area contributed by atoms with Gasteiger partial charge in [-0.15, -0.1) is 0 Å². The van der Waals surface area contributed by atoms with Crippen LogP contribution >= 0.6 is 11.6 Å². The zero-order chi connectivity index (χ0) is 19.0. The second kappa shape index (κ2) is 7.25. The van der Waals surface area contributed by atoms with E-state index in [2.05, 4.69) is 4.90 Å². The van der Waals surface area contributed by atoms with E-state index in [9.17, 15) is 9.18 Å². The first-order valence-corrected chi connectivity index (χ1v) is 9.27. The first-order valence-electron chi connectivity index (χ1n) is 8.90. The Labute approximate surface area is 161 Å². The van der Waals surface area contributed by atoms with E-state index in [0.29, 0.717) is 17.1 Å². The molecule has 0 bridgehead atoms. The van der Waals surface area contributed by atoms with Crippen molar-refractivity contribution in [1.82, 2.24) is 9.88 Å². The number of nitrogens with two attached hydrogens (primary N) is 1. The Morgan fingerprint density at radius 2 is 2.11 bits per heavy atom. The molecule has 1 aromatic heterocycles. The molecule has 4 rings (SSSR count). The van der Waals surface area contributed by atoms with Crippen molar-refractivity contribution in [3.8, 4) is 11.3 Å². The van der Waals surface area contributed by atoms with E-state index in [4.69, 9.17) is 22.3 Å². The zero-order valence-corrected chi connectivity index (χ0v) is 15.4. The average molecular weight is 384 g/mol. The Bertz CT molecular complexity index is 1020. The fraction of sp³-hybridized carbons (Fsp3) is 0.238. The Morgan fingerprint density at radius 1 is 1.26 bits per heavy atom. The molecule has 2 heterocycles. The molecule has 0 unspecified atom stereocenters. The quantitative estimate of drug-likeness (QED) is 0.736. The van der Waals surface area contributed by atoms with Gasteiger partial charge in [-0.1, -0.05) is 23.7 Å². The topological polar surface area (TPSA) is 59.2 Å². The number of likely N-dealkylation sites (tertiary alicyclic amines) is 1. The number of fused-ring (bicyclic) bond motifs is 1. The zero-order valence-electron chi connectivity index (χ0n) is 14.7. The van der Waals surface area contributed by atoms with Crippen LogP contribution in [-0.2, 0) is 11.3 Å². The molecule has 0 aliphatic carbocycles. The number of rotatable bonds is 4. The molecule has 3 aromatic rings. The van der Waals surface area contributed by atoms with E-state index in [1.165, 1.54) is 12.1 Å². The monoisotopic (exact) mass is 383 g/mol. The maximum absolute atomic E-state index is 13.7. The summed E-state index contributed by atoms with van der Waals surface area (Å²) >= 11 is 6.17. The van der Waals surface area contributed by atoms with E-state index in [-0.39, 0.29) is 17.8 Å². The summed E-state index contributed by atoms with van der Waals surface area (Å²) in [6, 6.07) is 13.8. The fourth-order valence-electron chi connectivity index (χ4n) is 3.75. The van der Waals surface area contributed by atoms with Crippen molar-refractivity contribution in [1.29, 1.82) is 0 Å². The lowest BCUT2D eigenvalue weighted by Crippen LogP contribution is -2.39. The van der Waals surface area contributed by atoms with Gasteiger partial charge in [0.15, 0.2) is 0 Å². The molecule has 1 aliphatic heterocycles. The highest BCUT2D eigenvalue weighted by Crippen LogP contribution is 2.30. The third-order valence-corrected chi connectivity index (χ3v) is 5.26. The van der Waals surface area contributed by atoms with Crippen molar-refractivity contribution in [2.45, 2.75) is 25.4 Å². The summed E-state index contributed by atoms with van der Waals surface area (Å²) in [5, 5.41) is 1.46. The van der Waals surface area contributed by atoms with Crippen LogP contribution in [0.1, 0.15) is 18.4 Å². The van der Waals surface area contributed by atoms with Gasteiger partial charge in [-0.2, -0.15) is 0 Å². The van der Waals surface area contributed by atoms with Crippen molar-refractivity contribution in [2.75, 3.05) is 6.54 Å². The van der Waals surface area contributed by atoms with Crippen molar-refractivity contribution in [3.05, 3.63) is 64.9 Å². The highest BCUT2D eigenvalue weighted by Gasteiger charge is 2.29. The lowest BCUT2D eigenvalue weighted by atomic mass is 10.0. The van der Waals surface area contributed by atoms with Crippen LogP contribution in [0.2, 0.25) is 5.02 Å². The average Bonchev–Trinajstić information content (AvgIpc) is 3.10. The number of benzene rings is 2. The predicted octanol–water partition coefficient (Wildman–Crippen LogP) is 4.14. The van der Waals surface area contributed by atoms with Crippen LogP contribution < -0.4 is 5.73 Å². The third kappa shape index (κ3) is 3.66. The van der Waals surface area contributed by atoms with Gasteiger partial charge in [0.05, 0.1) is 17.3 Å². The fourth-order valence-corrected chi connectivity index (χ4v) is 3.94. The molecule has 1 atom stereocenters. The number of hydrogen-bond donors (Lipinski definition) is 1. The second-order valence-corrected chi connectivity index (χ2v) is 7.31. The van der Waals surface area contributed by atoms with Crippen LogP contribution in [-0.4, -0.2) is 28.4 Å². The van der Waals surface area contributed by atoms with Crippen LogP contribution in [0.25, 0.3) is 22.2 Å². The molecule has 2 aromatic carbocycles. The molecule has 6 heteroatoms. The number of amides is 1. The number of aromatic nitrogens is 1. The van der Waals surface area contributed by atoms with Crippen LogP contribution in [0.3, 0.4) is 0 Å². The maximum atomic E-state index is 13.7. The lowest BCUT2D eigenvalue weighted by molar-refractivity contribution is -0.122. The Balaban J connectivity index is 1.83. The molecule has 2 N–H and O–H groups in total. The molecule has 1 amide bonds. The van der Waals surface area contributed by atoms with Crippen molar-refractivity contribution in [3.63, 3.8) is 0 Å². The van der Waals surface area contributed by atoms with E-state index in [0.717, 1.165) is 41.6 Å². The lowest BCUT2D eigenvalue weighted by Gasteiger charge is -2.23. The first kappa shape index (κ1) is 17.9. The largest absolute Gasteiger partial charge is 0.368 e. The number of nitrogens with zero attached hydrogens (tertiary/aromatic N) is 2. The summed E-state index contributed by atoms with van der Waals surface area (Å²) in [6.07, 6.45) is 1.71. The second-order valence-electron chi connectivity index (χ2n) is 6.87. The standard InChI is InChI=1S/C21H19ClFN3O/c22-16-4-1-3-14(10-16)20-15(12-26-8-2-5-19(26)21(24)27)9-13-6-7-17(23)11-18(13)25-20/h1,3-4,6-7,9-11,19H,2,5,8,12H2,(H2,24,27)/t19-/m1/s1. The number of pyridine rings is 1. The molecule has 0 radical (unpaired) electrons. The molecule has 0 spiro atoms. The predicted molar refractivity (Wildman–Crippen MR) is 105 cm³/mol. The van der Waals surface area contributed by atoms with Crippen LogP contribution in [0.4, 0.5) is 4.39 Å². The van der Waals surface area contributed by atoms with Gasteiger partial charge in [-0.3, -0.25) is 9.69 Å². The molecule has 4 nitrogen and oxygen atoms in total. The number of carbonyl (C=O) groups is 1. The van der Waals surface area contributed by atoms with Gasteiger partial charge < -0.3 is 5.73 Å². The Kier molecular flexibility index (Phi) is 4.81. The Morgan fingerprint density at radius 3 is 2.89 bits per heavy atom. The van der Waals surface area contributed by atoms with Crippen molar-refractivity contribution >= 4 is 28.4 Å². The van der Waals surface area contributed by atoms with Gasteiger partial charge in [0, 0.05) is 28.6 Å². The van der Waals surface area contributed by atoms with E-state index in [1.807, 2.05) is 24.3 Å². The minimum absolute atomic E-state index is 0.263. The van der Waals surface area contributed by atoms with Gasteiger partial charge >= 0.3 is 0 Å². The SMILES string of the molecule is NC(=O)[C@H]1CCCN1Cc1cc2ccc(F)cc2nc1-c1cccc(Cl)c1. The number of hydrogen-bond acceptors (Lipinski definition) is 3. The van der Waals surface area contributed by atoms with Crippen LogP contribution in [0.5, 0.6) is 0 Å². The third-order valence-electron chi connectivity index (χ3n) is 5.02. The minimum Gasteiger partial charge on any atom is -0.368 e. The summed E-state index contributed by atoms with van der Waals surface area (Å²) in [5.74, 6) is -0.624. The summed E-state index contributed by atoms with van der Waals surface area (Å²) < 4.78 is 13.7. The molecule has 0 saturated carbocycles. The molecule has 1 fully saturated rings. The molecular formula is C21H19ClFN3O. The summed E-state index contributed by atoms with van der Waals surface area (Å²) in [5.41, 5.74) is 8.71. The van der Waals surface area contributed by atoms with Gasteiger partial charge in [-0.05, 0) is 55.3 Å². The Hall–Kier alpha value is -2.50. The summed E-state index contributed by atoms with van der Waals surface area (Å²) in [7, 11) is 0. The number of halogens is 2. The van der Waals surface area contributed by atoms with Gasteiger partial charge in [0.1, 0.15) is 5.82 Å². The highest BCUT2D eigenvalue weighted by atomic mass is 35.5. The maximum Gasteiger partial charge on any atom is 0.234 e. The minimum atomic E-state index is -0.326. The van der Waals surface area contributed by atoms with Crippen molar-refractivity contribution in [2.24, 2.45) is 5.73 Å². The molecule has 1 aliphatic rings. The molecular weight excluding hydrogens is 365 g/mol. The van der Waals surface area contributed by atoms with Gasteiger partial charge in [0.2, 0.25) is 5.91 Å². The summed E-state index contributed by atoms with van der Waals surface area (Å²) in [6.45, 7) is 1.36.